The first-order chi connectivity index (χ1) is 38.0. The molecule has 3 N–H and O–H groups in total. The third-order valence-electron chi connectivity index (χ3n) is 16.2. The fourth-order valence-corrected chi connectivity index (χ4v) is 10.8. The van der Waals surface area contributed by atoms with Gasteiger partial charge in [-0.1, -0.05) is 320 Å². The first-order valence-electron chi connectivity index (χ1n) is 34.7. The van der Waals surface area contributed by atoms with Crippen LogP contribution in [-0.2, 0) is 14.3 Å². The average molecular weight is 1080 g/mol. The predicted octanol–water partition coefficient (Wildman–Crippen LogP) is 22.3. The van der Waals surface area contributed by atoms with Gasteiger partial charge in [0.2, 0.25) is 5.91 Å². The van der Waals surface area contributed by atoms with Gasteiger partial charge in [0.1, 0.15) is 0 Å². The van der Waals surface area contributed by atoms with Gasteiger partial charge in [-0.25, -0.2) is 0 Å². The van der Waals surface area contributed by atoms with Gasteiger partial charge in [0.25, 0.3) is 0 Å². The molecule has 0 spiro atoms. The molecule has 6 nitrogen and oxygen atoms in total. The van der Waals surface area contributed by atoms with Gasteiger partial charge < -0.3 is 20.3 Å². The van der Waals surface area contributed by atoms with Crippen molar-refractivity contribution in [2.45, 2.75) is 392 Å². The molecule has 0 aliphatic heterocycles. The fraction of sp³-hybridized carbons (Fsp3) is 0.887. The van der Waals surface area contributed by atoms with Crippen LogP contribution < -0.4 is 5.32 Å². The molecule has 2 atom stereocenters. The maximum atomic E-state index is 12.5. The van der Waals surface area contributed by atoms with Gasteiger partial charge in [-0.15, -0.1) is 0 Å². The Morgan fingerprint density at radius 1 is 0.364 bits per heavy atom. The van der Waals surface area contributed by atoms with Crippen LogP contribution in [0.5, 0.6) is 0 Å². The maximum absolute atomic E-state index is 12.5. The molecule has 77 heavy (non-hydrogen) atoms. The summed E-state index contributed by atoms with van der Waals surface area (Å²) in [6.07, 6.45) is 84.7. The molecule has 0 bridgehead atoms. The van der Waals surface area contributed by atoms with Crippen molar-refractivity contribution in [3.8, 4) is 0 Å². The number of aliphatic hydroxyl groups excluding tert-OH is 2. The summed E-state index contributed by atoms with van der Waals surface area (Å²) in [6.45, 7) is 4.95. The summed E-state index contributed by atoms with van der Waals surface area (Å²) in [5.41, 5.74) is 0. The van der Waals surface area contributed by atoms with Gasteiger partial charge in [-0.05, 0) is 83.5 Å². The molecule has 0 aromatic carbocycles. The smallest absolute Gasteiger partial charge is 0.305 e. The Morgan fingerprint density at radius 3 is 1.03 bits per heavy atom. The minimum Gasteiger partial charge on any atom is -0.466 e. The second-order valence-corrected chi connectivity index (χ2v) is 23.9. The summed E-state index contributed by atoms with van der Waals surface area (Å²) < 4.78 is 5.50. The highest BCUT2D eigenvalue weighted by atomic mass is 16.5. The van der Waals surface area contributed by atoms with E-state index < -0.39 is 12.1 Å². The summed E-state index contributed by atoms with van der Waals surface area (Å²) in [5.74, 6) is -0.0255. The first-order valence-corrected chi connectivity index (χ1v) is 34.7. The molecule has 6 heteroatoms. The van der Waals surface area contributed by atoms with E-state index in [-0.39, 0.29) is 18.5 Å². The number of hydrogen-bond donors (Lipinski definition) is 3. The highest BCUT2D eigenvalue weighted by Gasteiger charge is 2.20. The second kappa shape index (κ2) is 66.6. The number of carbonyl (C=O) groups excluding carboxylic acids is 2. The van der Waals surface area contributed by atoms with Crippen LogP contribution in [0.1, 0.15) is 380 Å². The van der Waals surface area contributed by atoms with Gasteiger partial charge in [-0.3, -0.25) is 9.59 Å². The highest BCUT2D eigenvalue weighted by Crippen LogP contribution is 2.18. The lowest BCUT2D eigenvalue weighted by molar-refractivity contribution is -0.143. The van der Waals surface area contributed by atoms with Crippen LogP contribution in [0.3, 0.4) is 0 Å². The number of esters is 1. The Balaban J connectivity index is 3.38. The highest BCUT2D eigenvalue weighted by molar-refractivity contribution is 5.76. The largest absolute Gasteiger partial charge is 0.466 e. The molecule has 0 aromatic heterocycles. The lowest BCUT2D eigenvalue weighted by atomic mass is 10.0. The number of unbranched alkanes of at least 4 members (excludes halogenated alkanes) is 48. The summed E-state index contributed by atoms with van der Waals surface area (Å²) in [6, 6.07) is -0.542. The maximum Gasteiger partial charge on any atom is 0.305 e. The Labute approximate surface area is 481 Å². The van der Waals surface area contributed by atoms with Gasteiger partial charge in [0.05, 0.1) is 25.4 Å². The number of nitrogens with one attached hydrogen (secondary N) is 1. The van der Waals surface area contributed by atoms with Crippen LogP contribution in [0, 0.1) is 0 Å². The number of aliphatic hydroxyl groups is 2. The van der Waals surface area contributed by atoms with E-state index in [0.717, 1.165) is 51.4 Å². The van der Waals surface area contributed by atoms with Gasteiger partial charge >= 0.3 is 5.97 Å². The van der Waals surface area contributed by atoms with Crippen molar-refractivity contribution in [1.82, 2.24) is 5.32 Å². The predicted molar refractivity (Wildman–Crippen MR) is 338 cm³/mol. The zero-order chi connectivity index (χ0) is 55.7. The Kier molecular flexibility index (Phi) is 64.9. The Hall–Kier alpha value is -1.92. The molecule has 0 heterocycles. The molecule has 0 fully saturated rings. The average Bonchev–Trinajstić information content (AvgIpc) is 3.43. The van der Waals surface area contributed by atoms with Crippen molar-refractivity contribution in [1.29, 1.82) is 0 Å². The van der Waals surface area contributed by atoms with Crippen LogP contribution in [0.15, 0.2) is 36.5 Å². The van der Waals surface area contributed by atoms with E-state index in [9.17, 15) is 19.8 Å². The van der Waals surface area contributed by atoms with Crippen molar-refractivity contribution in [2.24, 2.45) is 0 Å². The van der Waals surface area contributed by atoms with Crippen molar-refractivity contribution in [3.63, 3.8) is 0 Å². The minimum absolute atomic E-state index is 0.00774. The zero-order valence-electron chi connectivity index (χ0n) is 52.0. The second-order valence-electron chi connectivity index (χ2n) is 23.9. The minimum atomic E-state index is -0.665. The van der Waals surface area contributed by atoms with Crippen LogP contribution in [0.25, 0.3) is 0 Å². The van der Waals surface area contributed by atoms with E-state index in [0.29, 0.717) is 25.9 Å². The van der Waals surface area contributed by atoms with E-state index in [1.54, 1.807) is 0 Å². The monoisotopic (exact) mass is 1080 g/mol. The van der Waals surface area contributed by atoms with E-state index in [4.69, 9.17) is 4.74 Å². The van der Waals surface area contributed by atoms with Crippen LogP contribution in [0.2, 0.25) is 0 Å². The van der Waals surface area contributed by atoms with Crippen molar-refractivity contribution in [2.75, 3.05) is 13.2 Å². The molecule has 0 aliphatic carbocycles. The third kappa shape index (κ3) is 63.1. The summed E-state index contributed by atoms with van der Waals surface area (Å²) in [7, 11) is 0. The molecule has 0 aliphatic rings. The van der Waals surface area contributed by atoms with E-state index >= 15 is 0 Å². The van der Waals surface area contributed by atoms with E-state index in [1.165, 1.54) is 295 Å². The van der Waals surface area contributed by atoms with Gasteiger partial charge in [0, 0.05) is 12.8 Å². The van der Waals surface area contributed by atoms with Gasteiger partial charge in [-0.2, -0.15) is 0 Å². The first kappa shape index (κ1) is 75.1. The zero-order valence-corrected chi connectivity index (χ0v) is 52.0. The molecule has 1 amide bonds. The summed E-state index contributed by atoms with van der Waals surface area (Å²) in [4.78, 5) is 24.6. The standard InChI is InChI=1S/C71H135NO5/c1-3-5-7-9-11-13-15-17-19-32-37-41-45-49-53-57-61-65-71(76)77-66-62-58-54-50-46-42-38-34-31-29-27-25-23-21-22-24-26-28-30-33-36-40-44-48-52-56-60-64-70(75)72-68(67-73)69(74)63-59-55-51-47-43-39-35-20-18-16-14-12-10-8-6-4-2/h11,13,17,19,21-22,68-69,73-74H,3-10,12,14-16,18,20,23-67H2,1-2H3,(H,72,75)/b13-11-,19-17-,22-21-. The van der Waals surface area contributed by atoms with E-state index in [1.807, 2.05) is 0 Å². The van der Waals surface area contributed by atoms with Crippen LogP contribution in [-0.4, -0.2) is 47.4 Å². The van der Waals surface area contributed by atoms with Crippen molar-refractivity contribution in [3.05, 3.63) is 36.5 Å². The quantitative estimate of drug-likeness (QED) is 0.0320. The lowest BCUT2D eigenvalue weighted by Gasteiger charge is -2.22. The molecule has 2 unspecified atom stereocenters. The third-order valence-corrected chi connectivity index (χ3v) is 16.2. The number of allylic oxidation sites excluding steroid dienone is 6. The number of carbonyl (C=O) groups is 2. The summed E-state index contributed by atoms with van der Waals surface area (Å²) in [5, 5.41) is 23.3. The Bertz CT molecular complexity index is 1250. The van der Waals surface area contributed by atoms with Gasteiger partial charge in [0.15, 0.2) is 0 Å². The molecule has 454 valence electrons. The molecule has 0 saturated heterocycles. The molecular formula is C71H135NO5. The molecule has 0 aromatic rings. The summed E-state index contributed by atoms with van der Waals surface area (Å²) >= 11 is 0. The normalized spacial score (nSPS) is 12.7. The lowest BCUT2D eigenvalue weighted by Crippen LogP contribution is -2.45. The molecule has 0 saturated carbocycles. The SMILES string of the molecule is CCCCC/C=C\C/C=C\CCCCCCCCCC(=O)OCCCCCCCCCCCCCC/C=C\CCCCCCCCCCCCCC(=O)NC(CO)C(O)CCCCCCCCCCCCCCCCCC. The number of amides is 1. The van der Waals surface area contributed by atoms with Crippen LogP contribution in [0.4, 0.5) is 0 Å². The topological polar surface area (TPSA) is 95.9 Å². The molecule has 0 radical (unpaired) electrons. The van der Waals surface area contributed by atoms with Crippen molar-refractivity contribution >= 4 is 11.9 Å². The molecule has 0 rings (SSSR count). The number of hydrogen-bond acceptors (Lipinski definition) is 5. The number of ether oxygens (including phenoxy) is 1. The van der Waals surface area contributed by atoms with Crippen molar-refractivity contribution < 1.29 is 24.5 Å². The fourth-order valence-electron chi connectivity index (χ4n) is 10.8. The molecular weight excluding hydrogens is 947 g/mol. The number of rotatable bonds is 65. The van der Waals surface area contributed by atoms with Crippen LogP contribution >= 0.6 is 0 Å². The Morgan fingerprint density at radius 2 is 0.649 bits per heavy atom. The van der Waals surface area contributed by atoms with E-state index in [2.05, 4.69) is 55.6 Å².